The van der Waals surface area contributed by atoms with Crippen LogP contribution in [-0.2, 0) is 27.6 Å². The second kappa shape index (κ2) is 11.5. The minimum absolute atomic E-state index is 0.0693. The topological polar surface area (TPSA) is 70.4 Å². The fourth-order valence-electron chi connectivity index (χ4n) is 3.65. The zero-order valence-corrected chi connectivity index (χ0v) is 21.4. The number of aromatic nitrogens is 2. The normalized spacial score (nSPS) is 10.9. The number of ether oxygens (including phenoxy) is 2. The summed E-state index contributed by atoms with van der Waals surface area (Å²) in [6.45, 7) is 3.59. The lowest BCUT2D eigenvalue weighted by Gasteiger charge is -2.11. The first-order valence-corrected chi connectivity index (χ1v) is 13.0. The Bertz CT molecular complexity index is 1350. The molecule has 35 heavy (non-hydrogen) atoms. The molecule has 0 aliphatic heterocycles. The summed E-state index contributed by atoms with van der Waals surface area (Å²) >= 11 is 2.91. The zero-order valence-electron chi connectivity index (χ0n) is 19.8. The number of carbonyl (C=O) groups excluding carboxylic acids is 2. The average Bonchev–Trinajstić information content (AvgIpc) is 3.23. The summed E-state index contributed by atoms with van der Waals surface area (Å²) < 4.78 is 12.7. The molecule has 3 aromatic carbocycles. The highest BCUT2D eigenvalue weighted by Gasteiger charge is 2.13. The van der Waals surface area contributed by atoms with Gasteiger partial charge in [-0.2, -0.15) is 5.10 Å². The molecule has 0 atom stereocenters. The largest absolute Gasteiger partial charge is 0.497 e. The third kappa shape index (κ3) is 6.68. The van der Waals surface area contributed by atoms with Crippen LogP contribution in [0.3, 0.4) is 0 Å². The number of hydrogen-bond donors (Lipinski definition) is 0. The lowest BCUT2D eigenvalue weighted by Crippen LogP contribution is -2.06. The lowest BCUT2D eigenvalue weighted by molar-refractivity contribution is -0.131. The Morgan fingerprint density at radius 1 is 0.971 bits per heavy atom. The fraction of sp³-hybridized carbons (Fsp3) is 0.222. The van der Waals surface area contributed by atoms with Crippen molar-refractivity contribution in [2.24, 2.45) is 0 Å². The van der Waals surface area contributed by atoms with Gasteiger partial charge in [-0.05, 0) is 41.3 Å². The summed E-state index contributed by atoms with van der Waals surface area (Å²) in [7, 11) is 1.65. The average molecular weight is 507 g/mol. The van der Waals surface area contributed by atoms with Crippen LogP contribution in [-0.4, -0.2) is 28.0 Å². The van der Waals surface area contributed by atoms with E-state index in [1.807, 2.05) is 59.3 Å². The van der Waals surface area contributed by atoms with E-state index in [2.05, 4.69) is 12.1 Å². The highest BCUT2D eigenvalue weighted by atomic mass is 32.2. The molecule has 0 aliphatic rings. The molecule has 0 spiro atoms. The number of fused-ring (bicyclic) bond motifs is 1. The summed E-state index contributed by atoms with van der Waals surface area (Å²) in [6.07, 6.45) is 0. The molecule has 0 N–H and O–H groups in total. The number of esters is 1. The smallest absolute Gasteiger partial charge is 0.308 e. The standard InChI is InChI=1S/C27H26N2O4S2/c1-18(30)33-27-14-25(12-21-6-4-5-7-26(21)27)35-17-23-13-22(16-34-19(2)31)28-29(23)15-20-8-10-24(32-3)11-9-20/h4-14H,15-17H2,1-3H3. The molecular formula is C27H26N2O4S2. The number of hydrogen-bond acceptors (Lipinski definition) is 7. The Morgan fingerprint density at radius 2 is 1.74 bits per heavy atom. The second-order valence-corrected chi connectivity index (χ2v) is 10.1. The molecule has 180 valence electrons. The van der Waals surface area contributed by atoms with Crippen molar-refractivity contribution in [1.29, 1.82) is 0 Å². The van der Waals surface area contributed by atoms with Crippen LogP contribution in [0.15, 0.2) is 71.6 Å². The van der Waals surface area contributed by atoms with Crippen LogP contribution >= 0.6 is 23.5 Å². The van der Waals surface area contributed by atoms with E-state index >= 15 is 0 Å². The Labute approximate surface area is 213 Å². The first kappa shape index (κ1) is 24.9. The van der Waals surface area contributed by atoms with Crippen molar-refractivity contribution in [2.75, 3.05) is 7.11 Å². The SMILES string of the molecule is COc1ccc(Cn2nc(CSC(C)=O)cc2CSc2cc(OC(C)=O)c3ccccc3c2)cc1. The molecule has 6 nitrogen and oxygen atoms in total. The molecule has 0 fully saturated rings. The van der Waals surface area contributed by atoms with E-state index in [0.717, 1.165) is 38.4 Å². The van der Waals surface area contributed by atoms with Crippen LogP contribution in [0.25, 0.3) is 10.8 Å². The summed E-state index contributed by atoms with van der Waals surface area (Å²) in [5.41, 5.74) is 3.02. The maximum absolute atomic E-state index is 11.6. The number of thioether (sulfide) groups is 2. The van der Waals surface area contributed by atoms with Gasteiger partial charge < -0.3 is 9.47 Å². The van der Waals surface area contributed by atoms with Crippen molar-refractivity contribution in [1.82, 2.24) is 9.78 Å². The van der Waals surface area contributed by atoms with Gasteiger partial charge in [0.1, 0.15) is 11.5 Å². The Hall–Kier alpha value is -3.23. The van der Waals surface area contributed by atoms with Crippen molar-refractivity contribution in [2.45, 2.75) is 36.8 Å². The predicted octanol–water partition coefficient (Wildman–Crippen LogP) is 6.09. The van der Waals surface area contributed by atoms with Crippen LogP contribution in [0.2, 0.25) is 0 Å². The Morgan fingerprint density at radius 3 is 2.46 bits per heavy atom. The molecule has 0 radical (unpaired) electrons. The number of methoxy groups -OCH3 is 1. The highest BCUT2D eigenvalue weighted by Crippen LogP contribution is 2.34. The van der Waals surface area contributed by atoms with Gasteiger partial charge in [0.25, 0.3) is 0 Å². The number of rotatable bonds is 9. The van der Waals surface area contributed by atoms with Gasteiger partial charge in [-0.25, -0.2) is 0 Å². The molecule has 0 unspecified atom stereocenters. The van der Waals surface area contributed by atoms with Gasteiger partial charge >= 0.3 is 5.97 Å². The summed E-state index contributed by atoms with van der Waals surface area (Å²) in [4.78, 5) is 24.1. The zero-order chi connectivity index (χ0) is 24.8. The lowest BCUT2D eigenvalue weighted by atomic mass is 10.1. The number of benzene rings is 3. The van der Waals surface area contributed by atoms with Gasteiger partial charge in [-0.1, -0.05) is 48.2 Å². The molecule has 1 aromatic heterocycles. The van der Waals surface area contributed by atoms with Crippen molar-refractivity contribution in [3.63, 3.8) is 0 Å². The van der Waals surface area contributed by atoms with Crippen LogP contribution < -0.4 is 9.47 Å². The Balaban J connectivity index is 1.59. The second-order valence-electron chi connectivity index (χ2n) is 7.94. The van der Waals surface area contributed by atoms with Gasteiger partial charge in [-0.3, -0.25) is 14.3 Å². The number of nitrogens with zero attached hydrogens (tertiary/aromatic N) is 2. The molecule has 1 heterocycles. The predicted molar refractivity (Wildman–Crippen MR) is 141 cm³/mol. The summed E-state index contributed by atoms with van der Waals surface area (Å²) in [5, 5.41) is 6.75. The van der Waals surface area contributed by atoms with E-state index in [-0.39, 0.29) is 11.1 Å². The maximum Gasteiger partial charge on any atom is 0.308 e. The first-order chi connectivity index (χ1) is 16.9. The minimum atomic E-state index is -0.345. The fourth-order valence-corrected chi connectivity index (χ4v) is 5.09. The molecule has 0 amide bonds. The molecule has 0 saturated carbocycles. The summed E-state index contributed by atoms with van der Waals surface area (Å²) in [6, 6.07) is 21.8. The minimum Gasteiger partial charge on any atom is -0.497 e. The van der Waals surface area contributed by atoms with Crippen molar-refractivity contribution in [3.05, 3.63) is 83.7 Å². The number of carbonyl (C=O) groups is 2. The molecule has 4 aromatic rings. The molecule has 0 bridgehead atoms. The van der Waals surface area contributed by atoms with Gasteiger partial charge in [0.05, 0.1) is 19.3 Å². The van der Waals surface area contributed by atoms with Crippen molar-refractivity contribution < 1.29 is 19.1 Å². The van der Waals surface area contributed by atoms with E-state index in [1.165, 1.54) is 18.7 Å². The van der Waals surface area contributed by atoms with Gasteiger partial charge in [0.15, 0.2) is 5.12 Å². The van der Waals surface area contributed by atoms with Crippen molar-refractivity contribution in [3.8, 4) is 11.5 Å². The molecular weight excluding hydrogens is 480 g/mol. The highest BCUT2D eigenvalue weighted by molar-refractivity contribution is 8.12. The molecule has 0 saturated heterocycles. The first-order valence-electron chi connectivity index (χ1n) is 11.1. The van der Waals surface area contributed by atoms with Gasteiger partial charge in [-0.15, -0.1) is 11.8 Å². The van der Waals surface area contributed by atoms with Gasteiger partial charge in [0.2, 0.25) is 0 Å². The molecule has 4 rings (SSSR count). The monoisotopic (exact) mass is 506 g/mol. The maximum atomic E-state index is 11.6. The van der Waals surface area contributed by atoms with Crippen LogP contribution in [0.4, 0.5) is 0 Å². The van der Waals surface area contributed by atoms with E-state index in [4.69, 9.17) is 14.6 Å². The van der Waals surface area contributed by atoms with Crippen molar-refractivity contribution >= 4 is 45.4 Å². The van der Waals surface area contributed by atoms with Crippen LogP contribution in [0, 0.1) is 0 Å². The van der Waals surface area contributed by atoms with E-state index in [0.29, 0.717) is 23.8 Å². The van der Waals surface area contributed by atoms with Crippen LogP contribution in [0.1, 0.15) is 30.8 Å². The molecule has 8 heteroatoms. The Kier molecular flexibility index (Phi) is 8.15. The van der Waals surface area contributed by atoms with Gasteiger partial charge in [0, 0.05) is 41.3 Å². The van der Waals surface area contributed by atoms with E-state index < -0.39 is 0 Å². The molecule has 0 aliphatic carbocycles. The summed E-state index contributed by atoms with van der Waals surface area (Å²) in [5.74, 6) is 2.23. The van der Waals surface area contributed by atoms with E-state index in [1.54, 1.807) is 25.8 Å². The van der Waals surface area contributed by atoms with E-state index in [9.17, 15) is 9.59 Å². The third-order valence-electron chi connectivity index (χ3n) is 5.27. The quantitative estimate of drug-likeness (QED) is 0.155. The van der Waals surface area contributed by atoms with Crippen LogP contribution in [0.5, 0.6) is 11.5 Å². The third-order valence-corrected chi connectivity index (χ3v) is 7.12.